The summed E-state index contributed by atoms with van der Waals surface area (Å²) in [5.74, 6) is -1.42. The average Bonchev–Trinajstić information content (AvgIpc) is 2.51. The molecule has 120 valence electrons. The molecule has 0 unspecified atom stereocenters. The van der Waals surface area contributed by atoms with Gasteiger partial charge >= 0.3 is 11.8 Å². The minimum Gasteiger partial charge on any atom is -0.392 e. The van der Waals surface area contributed by atoms with Crippen molar-refractivity contribution in [1.82, 2.24) is 5.32 Å². The van der Waals surface area contributed by atoms with Crippen molar-refractivity contribution in [2.45, 2.75) is 27.0 Å². The van der Waals surface area contributed by atoms with E-state index in [1.807, 2.05) is 32.0 Å². The summed E-state index contributed by atoms with van der Waals surface area (Å²) in [5.41, 5.74) is 4.12. The molecular formula is C18H20N2O3. The van der Waals surface area contributed by atoms with E-state index in [4.69, 9.17) is 0 Å². The molecule has 0 fully saturated rings. The van der Waals surface area contributed by atoms with Gasteiger partial charge in [-0.2, -0.15) is 0 Å². The number of nitrogens with one attached hydrogen (secondary N) is 2. The van der Waals surface area contributed by atoms with Crippen LogP contribution < -0.4 is 10.6 Å². The van der Waals surface area contributed by atoms with Gasteiger partial charge < -0.3 is 15.7 Å². The number of aryl methyl sites for hydroxylation is 2. The lowest BCUT2D eigenvalue weighted by Crippen LogP contribution is -2.35. The van der Waals surface area contributed by atoms with E-state index >= 15 is 0 Å². The molecule has 0 aliphatic heterocycles. The Hall–Kier alpha value is -2.66. The van der Waals surface area contributed by atoms with Gasteiger partial charge in [0.2, 0.25) is 0 Å². The third-order valence-electron chi connectivity index (χ3n) is 3.41. The van der Waals surface area contributed by atoms with Gasteiger partial charge in [-0.15, -0.1) is 0 Å². The van der Waals surface area contributed by atoms with Crippen LogP contribution in [0.3, 0.4) is 0 Å². The molecule has 0 saturated carbocycles. The molecule has 0 aliphatic rings. The molecule has 0 atom stereocenters. The van der Waals surface area contributed by atoms with Crippen LogP contribution in [0, 0.1) is 13.8 Å². The zero-order valence-electron chi connectivity index (χ0n) is 13.2. The highest BCUT2D eigenvalue weighted by Crippen LogP contribution is 2.13. The number of aliphatic hydroxyl groups excluding tert-OH is 1. The minimum atomic E-state index is -0.712. The third-order valence-corrected chi connectivity index (χ3v) is 3.41. The van der Waals surface area contributed by atoms with Crippen LogP contribution in [0.2, 0.25) is 0 Å². The number of hydrogen-bond acceptors (Lipinski definition) is 3. The summed E-state index contributed by atoms with van der Waals surface area (Å²) in [4.78, 5) is 23.8. The summed E-state index contributed by atoms with van der Waals surface area (Å²) in [6, 6.07) is 12.8. The molecule has 5 heteroatoms. The summed E-state index contributed by atoms with van der Waals surface area (Å²) < 4.78 is 0. The van der Waals surface area contributed by atoms with Crippen molar-refractivity contribution in [2.24, 2.45) is 0 Å². The molecule has 0 radical (unpaired) electrons. The van der Waals surface area contributed by atoms with E-state index in [9.17, 15) is 14.7 Å². The van der Waals surface area contributed by atoms with E-state index < -0.39 is 11.8 Å². The highest BCUT2D eigenvalue weighted by atomic mass is 16.3. The van der Waals surface area contributed by atoms with Crippen LogP contribution in [0.5, 0.6) is 0 Å². The molecule has 0 saturated heterocycles. The maximum absolute atomic E-state index is 11.9. The van der Waals surface area contributed by atoms with Gasteiger partial charge in [0.15, 0.2) is 0 Å². The summed E-state index contributed by atoms with van der Waals surface area (Å²) >= 11 is 0. The number of carbonyl (C=O) groups is 2. The first-order chi connectivity index (χ1) is 11.0. The maximum Gasteiger partial charge on any atom is 0.313 e. The molecule has 3 N–H and O–H groups in total. The van der Waals surface area contributed by atoms with Crippen molar-refractivity contribution in [1.29, 1.82) is 0 Å². The van der Waals surface area contributed by atoms with Gasteiger partial charge in [0.05, 0.1) is 6.61 Å². The lowest BCUT2D eigenvalue weighted by atomic mass is 10.1. The SMILES string of the molecule is Cc1cc(C)cc(NC(=O)C(=O)NCc2ccccc2CO)c1. The fourth-order valence-electron chi connectivity index (χ4n) is 2.37. The second-order valence-electron chi connectivity index (χ2n) is 5.44. The Balaban J connectivity index is 1.96. The lowest BCUT2D eigenvalue weighted by molar-refractivity contribution is -0.136. The number of anilines is 1. The molecule has 0 aliphatic carbocycles. The number of benzene rings is 2. The van der Waals surface area contributed by atoms with Crippen LogP contribution in [-0.2, 0) is 22.7 Å². The number of hydrogen-bond donors (Lipinski definition) is 3. The second kappa shape index (κ2) is 7.56. The molecule has 0 heterocycles. The number of rotatable bonds is 4. The van der Waals surface area contributed by atoms with Crippen molar-refractivity contribution in [2.75, 3.05) is 5.32 Å². The average molecular weight is 312 g/mol. The summed E-state index contributed by atoms with van der Waals surface area (Å²) in [7, 11) is 0. The van der Waals surface area contributed by atoms with E-state index in [1.165, 1.54) is 0 Å². The van der Waals surface area contributed by atoms with Crippen molar-refractivity contribution < 1.29 is 14.7 Å². The zero-order chi connectivity index (χ0) is 16.8. The third kappa shape index (κ3) is 4.66. The van der Waals surface area contributed by atoms with Gasteiger partial charge in [0, 0.05) is 12.2 Å². The van der Waals surface area contributed by atoms with E-state index in [0.29, 0.717) is 5.69 Å². The fraction of sp³-hybridized carbons (Fsp3) is 0.222. The van der Waals surface area contributed by atoms with Crippen LogP contribution in [0.15, 0.2) is 42.5 Å². The Bertz CT molecular complexity index is 706. The predicted octanol–water partition coefficient (Wildman–Crippen LogP) is 2.05. The highest BCUT2D eigenvalue weighted by molar-refractivity contribution is 6.39. The van der Waals surface area contributed by atoms with Crippen molar-refractivity contribution in [3.05, 3.63) is 64.7 Å². The van der Waals surface area contributed by atoms with Crippen molar-refractivity contribution in [3.63, 3.8) is 0 Å². The molecule has 2 aromatic rings. The van der Waals surface area contributed by atoms with Gasteiger partial charge in [-0.1, -0.05) is 30.3 Å². The smallest absolute Gasteiger partial charge is 0.313 e. The first-order valence-corrected chi connectivity index (χ1v) is 7.34. The monoisotopic (exact) mass is 312 g/mol. The fourth-order valence-corrected chi connectivity index (χ4v) is 2.37. The van der Waals surface area contributed by atoms with E-state index in [1.54, 1.807) is 24.3 Å². The predicted molar refractivity (Wildman–Crippen MR) is 88.8 cm³/mol. The molecule has 2 amide bonds. The topological polar surface area (TPSA) is 78.4 Å². The van der Waals surface area contributed by atoms with Crippen molar-refractivity contribution in [3.8, 4) is 0 Å². The Morgan fingerprint density at radius 1 is 0.957 bits per heavy atom. The normalized spacial score (nSPS) is 10.2. The van der Waals surface area contributed by atoms with Gasteiger partial charge in [-0.3, -0.25) is 9.59 Å². The lowest BCUT2D eigenvalue weighted by Gasteiger charge is -2.10. The first-order valence-electron chi connectivity index (χ1n) is 7.34. The molecule has 0 bridgehead atoms. The Labute approximate surface area is 135 Å². The van der Waals surface area contributed by atoms with Gasteiger partial charge in [-0.25, -0.2) is 0 Å². The Kier molecular flexibility index (Phi) is 5.49. The van der Waals surface area contributed by atoms with Crippen LogP contribution in [0.4, 0.5) is 5.69 Å². The van der Waals surface area contributed by atoms with Crippen LogP contribution in [0.1, 0.15) is 22.3 Å². The summed E-state index contributed by atoms with van der Waals surface area (Å²) in [6.07, 6.45) is 0. The molecule has 2 aromatic carbocycles. The largest absolute Gasteiger partial charge is 0.392 e. The molecule has 2 rings (SSSR count). The summed E-state index contributed by atoms with van der Waals surface area (Å²) in [5, 5.41) is 14.4. The summed E-state index contributed by atoms with van der Waals surface area (Å²) in [6.45, 7) is 3.93. The van der Waals surface area contributed by atoms with E-state index in [-0.39, 0.29) is 13.2 Å². The molecule has 0 spiro atoms. The number of amides is 2. The maximum atomic E-state index is 11.9. The second-order valence-corrected chi connectivity index (χ2v) is 5.44. The zero-order valence-corrected chi connectivity index (χ0v) is 13.2. The van der Waals surface area contributed by atoms with Crippen LogP contribution in [0.25, 0.3) is 0 Å². The van der Waals surface area contributed by atoms with E-state index in [0.717, 1.165) is 22.3 Å². The van der Waals surface area contributed by atoms with Crippen LogP contribution in [-0.4, -0.2) is 16.9 Å². The van der Waals surface area contributed by atoms with Crippen molar-refractivity contribution >= 4 is 17.5 Å². The minimum absolute atomic E-state index is 0.110. The van der Waals surface area contributed by atoms with Crippen LogP contribution >= 0.6 is 0 Å². The number of aliphatic hydroxyl groups is 1. The molecule has 0 aromatic heterocycles. The quantitative estimate of drug-likeness (QED) is 0.756. The molecule has 5 nitrogen and oxygen atoms in total. The Morgan fingerprint density at radius 2 is 1.57 bits per heavy atom. The highest BCUT2D eigenvalue weighted by Gasteiger charge is 2.14. The molecule has 23 heavy (non-hydrogen) atoms. The van der Waals surface area contributed by atoms with Gasteiger partial charge in [0.1, 0.15) is 0 Å². The first kappa shape index (κ1) is 16.7. The van der Waals surface area contributed by atoms with Gasteiger partial charge in [0.25, 0.3) is 0 Å². The molecular weight excluding hydrogens is 292 g/mol. The number of carbonyl (C=O) groups excluding carboxylic acids is 2. The Morgan fingerprint density at radius 3 is 2.17 bits per heavy atom. The standard InChI is InChI=1S/C18H20N2O3/c1-12-7-13(2)9-16(8-12)20-18(23)17(22)19-10-14-5-3-4-6-15(14)11-21/h3-9,21H,10-11H2,1-2H3,(H,19,22)(H,20,23). The van der Waals surface area contributed by atoms with Gasteiger partial charge in [-0.05, 0) is 48.2 Å². The van der Waals surface area contributed by atoms with E-state index in [2.05, 4.69) is 10.6 Å².